The van der Waals surface area contributed by atoms with E-state index in [-0.39, 0.29) is 5.91 Å². The van der Waals surface area contributed by atoms with Crippen molar-refractivity contribution in [3.8, 4) is 5.75 Å². The summed E-state index contributed by atoms with van der Waals surface area (Å²) in [4.78, 5) is 14.2. The first-order valence-corrected chi connectivity index (χ1v) is 9.93. The minimum Gasteiger partial charge on any atom is -0.494 e. The monoisotopic (exact) mass is 346 g/mol. The van der Waals surface area contributed by atoms with E-state index < -0.39 is 0 Å². The van der Waals surface area contributed by atoms with Crippen LogP contribution in [0.5, 0.6) is 5.75 Å². The Bertz CT molecular complexity index is 493. The van der Waals surface area contributed by atoms with Crippen molar-refractivity contribution in [2.45, 2.75) is 58.8 Å². The quantitative estimate of drug-likeness (QED) is 0.624. The highest BCUT2D eigenvalue weighted by molar-refractivity contribution is 5.81. The number of likely N-dealkylation sites (tertiary alicyclic amines) is 1. The number of carbonyl (C=O) groups is 1. The fourth-order valence-corrected chi connectivity index (χ4v) is 3.11. The minimum absolute atomic E-state index is 0.194. The highest BCUT2D eigenvalue weighted by Gasteiger charge is 2.19. The normalized spacial score (nSPS) is 15.2. The van der Waals surface area contributed by atoms with Crippen LogP contribution in [0.1, 0.15) is 58.8 Å². The van der Waals surface area contributed by atoms with Gasteiger partial charge in [0.25, 0.3) is 0 Å². The summed E-state index contributed by atoms with van der Waals surface area (Å²) in [5.41, 5.74) is 0.967. The van der Waals surface area contributed by atoms with Gasteiger partial charge >= 0.3 is 0 Å². The van der Waals surface area contributed by atoms with Gasteiger partial charge in [-0.15, -0.1) is 0 Å². The average Bonchev–Trinajstić information content (AvgIpc) is 2.64. The second-order valence-corrected chi connectivity index (χ2v) is 7.20. The summed E-state index contributed by atoms with van der Waals surface area (Å²) in [5.74, 6) is 1.84. The molecular weight excluding hydrogens is 312 g/mol. The molecule has 4 nitrogen and oxygen atoms in total. The van der Waals surface area contributed by atoms with Crippen LogP contribution < -0.4 is 10.1 Å². The summed E-state index contributed by atoms with van der Waals surface area (Å²) < 4.78 is 5.77. The van der Waals surface area contributed by atoms with Crippen LogP contribution in [0.3, 0.4) is 0 Å². The zero-order valence-corrected chi connectivity index (χ0v) is 15.9. The molecule has 1 fully saturated rings. The second-order valence-electron chi connectivity index (χ2n) is 7.20. The van der Waals surface area contributed by atoms with E-state index in [2.05, 4.69) is 19.2 Å². The Morgan fingerprint density at radius 2 is 1.80 bits per heavy atom. The van der Waals surface area contributed by atoms with Crippen molar-refractivity contribution in [2.24, 2.45) is 5.92 Å². The molecule has 1 amide bonds. The van der Waals surface area contributed by atoms with E-state index in [1.54, 1.807) is 0 Å². The molecule has 0 saturated carbocycles. The van der Waals surface area contributed by atoms with Crippen LogP contribution in [0.2, 0.25) is 0 Å². The van der Waals surface area contributed by atoms with Crippen molar-refractivity contribution in [3.05, 3.63) is 24.3 Å². The fraction of sp³-hybridized carbons (Fsp3) is 0.667. The number of unbranched alkanes of at least 4 members (excludes halogenated alkanes) is 4. The predicted molar refractivity (Wildman–Crippen MR) is 104 cm³/mol. The standard InChI is InChI=1S/C21H34N2O2/c1-3-4-5-6-7-16-25-20-10-8-19(9-11-20)22-17-21(24)23-14-12-18(2)13-15-23/h8-11,18,22H,3-7,12-17H2,1-2H3. The molecule has 0 aromatic heterocycles. The molecule has 0 aliphatic carbocycles. The van der Waals surface area contributed by atoms with E-state index >= 15 is 0 Å². The van der Waals surface area contributed by atoms with Gasteiger partial charge in [-0.05, 0) is 49.4 Å². The van der Waals surface area contributed by atoms with Crippen molar-refractivity contribution in [1.29, 1.82) is 0 Å². The van der Waals surface area contributed by atoms with Crippen LogP contribution >= 0.6 is 0 Å². The molecular formula is C21H34N2O2. The van der Waals surface area contributed by atoms with Crippen molar-refractivity contribution in [3.63, 3.8) is 0 Å². The van der Waals surface area contributed by atoms with Crippen molar-refractivity contribution >= 4 is 11.6 Å². The maximum atomic E-state index is 12.2. The molecule has 2 rings (SSSR count). The van der Waals surface area contributed by atoms with E-state index in [1.165, 1.54) is 25.7 Å². The molecule has 0 atom stereocenters. The SMILES string of the molecule is CCCCCCCOc1ccc(NCC(=O)N2CCC(C)CC2)cc1. The molecule has 140 valence electrons. The Morgan fingerprint density at radius 1 is 1.12 bits per heavy atom. The van der Waals surface area contributed by atoms with Crippen molar-refractivity contribution in [1.82, 2.24) is 4.90 Å². The number of nitrogens with one attached hydrogen (secondary N) is 1. The molecule has 1 aliphatic heterocycles. The Labute approximate surface area is 152 Å². The molecule has 1 aromatic carbocycles. The van der Waals surface area contributed by atoms with E-state index in [1.807, 2.05) is 29.2 Å². The summed E-state index contributed by atoms with van der Waals surface area (Å²) in [5, 5.41) is 3.22. The number of carbonyl (C=O) groups excluding carboxylic acids is 1. The Balaban J connectivity index is 1.63. The smallest absolute Gasteiger partial charge is 0.241 e. The lowest BCUT2D eigenvalue weighted by Crippen LogP contribution is -2.40. The molecule has 1 aliphatic rings. The zero-order valence-electron chi connectivity index (χ0n) is 15.9. The van der Waals surface area contributed by atoms with Crippen molar-refractivity contribution < 1.29 is 9.53 Å². The highest BCUT2D eigenvalue weighted by Crippen LogP contribution is 2.18. The number of hydrogen-bond donors (Lipinski definition) is 1. The van der Waals surface area contributed by atoms with Crippen LogP contribution in [0.4, 0.5) is 5.69 Å². The Kier molecular flexibility index (Phi) is 8.64. The number of hydrogen-bond acceptors (Lipinski definition) is 3. The minimum atomic E-state index is 0.194. The average molecular weight is 347 g/mol. The first-order chi connectivity index (χ1) is 12.2. The molecule has 1 aromatic rings. The van der Waals surface area contributed by atoms with Gasteiger partial charge in [0, 0.05) is 18.8 Å². The molecule has 25 heavy (non-hydrogen) atoms. The third-order valence-corrected chi connectivity index (χ3v) is 4.95. The third kappa shape index (κ3) is 7.37. The van der Waals surface area contributed by atoms with E-state index in [0.717, 1.165) is 56.3 Å². The summed E-state index contributed by atoms with van der Waals surface area (Å²) in [7, 11) is 0. The Morgan fingerprint density at radius 3 is 2.48 bits per heavy atom. The summed E-state index contributed by atoms with van der Waals surface area (Å²) >= 11 is 0. The Hall–Kier alpha value is -1.71. The number of benzene rings is 1. The first kappa shape index (κ1) is 19.6. The summed E-state index contributed by atoms with van der Waals surface area (Å²) in [6, 6.07) is 7.92. The highest BCUT2D eigenvalue weighted by atomic mass is 16.5. The zero-order chi connectivity index (χ0) is 17.9. The largest absolute Gasteiger partial charge is 0.494 e. The number of anilines is 1. The topological polar surface area (TPSA) is 41.6 Å². The first-order valence-electron chi connectivity index (χ1n) is 9.93. The molecule has 0 unspecified atom stereocenters. The predicted octanol–water partition coefficient (Wildman–Crippen LogP) is 4.71. The van der Waals surface area contributed by atoms with Gasteiger partial charge in [-0.2, -0.15) is 0 Å². The van der Waals surface area contributed by atoms with Crippen LogP contribution in [0, 0.1) is 5.92 Å². The van der Waals surface area contributed by atoms with Crippen molar-refractivity contribution in [2.75, 3.05) is 31.6 Å². The van der Waals surface area contributed by atoms with Gasteiger partial charge in [-0.25, -0.2) is 0 Å². The van der Waals surface area contributed by atoms with Crippen LogP contribution in [0.25, 0.3) is 0 Å². The molecule has 0 bridgehead atoms. The van der Waals surface area contributed by atoms with E-state index in [4.69, 9.17) is 4.74 Å². The summed E-state index contributed by atoms with van der Waals surface area (Å²) in [6.45, 7) is 7.43. The molecule has 0 spiro atoms. The van der Waals surface area contributed by atoms with Gasteiger partial charge in [-0.3, -0.25) is 4.79 Å². The van der Waals surface area contributed by atoms with Gasteiger partial charge in [0.05, 0.1) is 13.2 Å². The van der Waals surface area contributed by atoms with Gasteiger partial charge in [0.1, 0.15) is 5.75 Å². The van der Waals surface area contributed by atoms with Crippen LogP contribution in [-0.4, -0.2) is 37.0 Å². The van der Waals surface area contributed by atoms with E-state index in [9.17, 15) is 4.79 Å². The van der Waals surface area contributed by atoms with Gasteiger partial charge in [0.2, 0.25) is 5.91 Å². The lowest BCUT2D eigenvalue weighted by atomic mass is 9.99. The maximum Gasteiger partial charge on any atom is 0.241 e. The number of amides is 1. The number of rotatable bonds is 10. The molecule has 4 heteroatoms. The number of piperidine rings is 1. The fourth-order valence-electron chi connectivity index (χ4n) is 3.11. The number of ether oxygens (including phenoxy) is 1. The maximum absolute atomic E-state index is 12.2. The lowest BCUT2D eigenvalue weighted by molar-refractivity contribution is -0.130. The van der Waals surface area contributed by atoms with Crippen LogP contribution in [-0.2, 0) is 4.79 Å². The van der Waals surface area contributed by atoms with E-state index in [0.29, 0.717) is 6.54 Å². The van der Waals surface area contributed by atoms with Gasteiger partial charge in [-0.1, -0.05) is 39.5 Å². The van der Waals surface area contributed by atoms with Crippen LogP contribution in [0.15, 0.2) is 24.3 Å². The molecule has 1 heterocycles. The van der Waals surface area contributed by atoms with Gasteiger partial charge < -0.3 is 15.0 Å². The molecule has 1 saturated heterocycles. The number of nitrogens with zero attached hydrogens (tertiary/aromatic N) is 1. The second kappa shape index (κ2) is 11.0. The summed E-state index contributed by atoms with van der Waals surface area (Å²) in [6.07, 6.45) is 8.48. The van der Waals surface area contributed by atoms with Gasteiger partial charge in [0.15, 0.2) is 0 Å². The molecule has 1 N–H and O–H groups in total. The lowest BCUT2D eigenvalue weighted by Gasteiger charge is -2.30. The molecule has 0 radical (unpaired) electrons. The third-order valence-electron chi connectivity index (χ3n) is 4.95.